The van der Waals surface area contributed by atoms with E-state index in [4.69, 9.17) is 5.73 Å². The lowest BCUT2D eigenvalue weighted by molar-refractivity contribution is -0.133. The lowest BCUT2D eigenvalue weighted by Crippen LogP contribution is -2.46. The van der Waals surface area contributed by atoms with Gasteiger partial charge in [-0.05, 0) is 24.8 Å². The zero-order valence-electron chi connectivity index (χ0n) is 10.1. The van der Waals surface area contributed by atoms with Crippen LogP contribution in [-0.2, 0) is 11.2 Å². The molecule has 2 N–H and O–H groups in total. The fourth-order valence-corrected chi connectivity index (χ4v) is 2.28. The van der Waals surface area contributed by atoms with Crippen molar-refractivity contribution in [3.63, 3.8) is 0 Å². The Kier molecular flexibility index (Phi) is 4.15. The van der Waals surface area contributed by atoms with Crippen molar-refractivity contribution in [2.45, 2.75) is 31.7 Å². The number of carbonyl (C=O) groups is 1. The summed E-state index contributed by atoms with van der Waals surface area (Å²) in [6.45, 7) is 1.56. The van der Waals surface area contributed by atoms with E-state index in [-0.39, 0.29) is 11.9 Å². The van der Waals surface area contributed by atoms with Crippen molar-refractivity contribution < 1.29 is 4.79 Å². The number of benzene rings is 1. The molecule has 1 fully saturated rings. The normalized spacial score (nSPS) is 20.6. The van der Waals surface area contributed by atoms with Gasteiger partial charge in [0.05, 0.1) is 0 Å². The molecule has 2 rings (SSSR count). The van der Waals surface area contributed by atoms with E-state index in [1.807, 2.05) is 11.0 Å². The van der Waals surface area contributed by atoms with Crippen LogP contribution in [0, 0.1) is 0 Å². The number of piperidine rings is 1. The third-order valence-electron chi connectivity index (χ3n) is 3.27. The highest BCUT2D eigenvalue weighted by atomic mass is 16.2. The average Bonchev–Trinajstić information content (AvgIpc) is 2.35. The summed E-state index contributed by atoms with van der Waals surface area (Å²) in [5, 5.41) is 0. The van der Waals surface area contributed by atoms with E-state index in [0.717, 1.165) is 32.4 Å². The van der Waals surface area contributed by atoms with Gasteiger partial charge in [-0.25, -0.2) is 0 Å². The predicted octanol–water partition coefficient (Wildman–Crippen LogP) is 1.57. The lowest BCUT2D eigenvalue weighted by atomic mass is 10.0. The number of hydrogen-bond acceptors (Lipinski definition) is 2. The van der Waals surface area contributed by atoms with Crippen LogP contribution in [0.15, 0.2) is 30.3 Å². The second kappa shape index (κ2) is 5.82. The number of amides is 1. The first-order valence-corrected chi connectivity index (χ1v) is 6.33. The van der Waals surface area contributed by atoms with Crippen molar-refractivity contribution in [3.8, 4) is 0 Å². The van der Waals surface area contributed by atoms with Crippen LogP contribution in [0.5, 0.6) is 0 Å². The molecule has 1 unspecified atom stereocenters. The Morgan fingerprint density at radius 2 is 2.06 bits per heavy atom. The van der Waals surface area contributed by atoms with E-state index in [2.05, 4.69) is 24.3 Å². The minimum atomic E-state index is 0.171. The zero-order valence-corrected chi connectivity index (χ0v) is 10.1. The van der Waals surface area contributed by atoms with Crippen LogP contribution in [0.3, 0.4) is 0 Å². The Morgan fingerprint density at radius 1 is 1.29 bits per heavy atom. The molecule has 1 aromatic carbocycles. The van der Waals surface area contributed by atoms with Gasteiger partial charge in [0, 0.05) is 25.6 Å². The van der Waals surface area contributed by atoms with Gasteiger partial charge in [-0.3, -0.25) is 4.79 Å². The fraction of sp³-hybridized carbons (Fsp3) is 0.500. The van der Waals surface area contributed by atoms with Gasteiger partial charge in [0.1, 0.15) is 0 Å². The third-order valence-corrected chi connectivity index (χ3v) is 3.27. The molecule has 1 aliphatic rings. The van der Waals surface area contributed by atoms with Gasteiger partial charge in [-0.2, -0.15) is 0 Å². The number of carbonyl (C=O) groups excluding carboxylic acids is 1. The Labute approximate surface area is 103 Å². The average molecular weight is 232 g/mol. The minimum Gasteiger partial charge on any atom is -0.341 e. The fourth-order valence-electron chi connectivity index (χ4n) is 2.28. The van der Waals surface area contributed by atoms with Crippen LogP contribution in [-0.4, -0.2) is 29.9 Å². The highest BCUT2D eigenvalue weighted by Gasteiger charge is 2.22. The van der Waals surface area contributed by atoms with Gasteiger partial charge < -0.3 is 10.6 Å². The maximum Gasteiger partial charge on any atom is 0.222 e. The Morgan fingerprint density at radius 3 is 2.82 bits per heavy atom. The predicted molar refractivity (Wildman–Crippen MR) is 68.6 cm³/mol. The second-order valence-corrected chi connectivity index (χ2v) is 4.73. The molecule has 0 aliphatic carbocycles. The molecule has 3 heteroatoms. The van der Waals surface area contributed by atoms with Crippen molar-refractivity contribution >= 4 is 5.91 Å². The van der Waals surface area contributed by atoms with E-state index in [0.29, 0.717) is 6.42 Å². The van der Waals surface area contributed by atoms with Crippen LogP contribution in [0.2, 0.25) is 0 Å². The topological polar surface area (TPSA) is 46.3 Å². The summed E-state index contributed by atoms with van der Waals surface area (Å²) < 4.78 is 0. The quantitative estimate of drug-likeness (QED) is 0.856. The lowest BCUT2D eigenvalue weighted by Gasteiger charge is -2.30. The first kappa shape index (κ1) is 12.1. The summed E-state index contributed by atoms with van der Waals surface area (Å²) >= 11 is 0. The van der Waals surface area contributed by atoms with Crippen molar-refractivity contribution in [2.75, 3.05) is 13.1 Å². The number of hydrogen-bond donors (Lipinski definition) is 1. The summed E-state index contributed by atoms with van der Waals surface area (Å²) in [7, 11) is 0. The molecular formula is C14H20N2O. The molecule has 1 heterocycles. The number of likely N-dealkylation sites (tertiary alicyclic amines) is 1. The molecule has 17 heavy (non-hydrogen) atoms. The van der Waals surface area contributed by atoms with Crippen LogP contribution in [0.25, 0.3) is 0 Å². The van der Waals surface area contributed by atoms with Crippen LogP contribution < -0.4 is 5.73 Å². The summed E-state index contributed by atoms with van der Waals surface area (Å²) in [4.78, 5) is 13.6. The third kappa shape index (κ3) is 3.56. The molecule has 1 atom stereocenters. The van der Waals surface area contributed by atoms with Gasteiger partial charge in [-0.15, -0.1) is 0 Å². The summed E-state index contributed by atoms with van der Waals surface area (Å²) in [5.41, 5.74) is 7.21. The largest absolute Gasteiger partial charge is 0.341 e. The standard InChI is InChI=1S/C14H20N2O/c15-13-8-9-14(17)16(11-13)10-4-7-12-5-2-1-3-6-12/h1-3,5-6,13H,4,7-11,15H2. The van der Waals surface area contributed by atoms with E-state index in [9.17, 15) is 4.79 Å². The number of rotatable bonds is 4. The van der Waals surface area contributed by atoms with E-state index in [1.165, 1.54) is 5.56 Å². The first-order valence-electron chi connectivity index (χ1n) is 6.33. The number of nitrogens with two attached hydrogens (primary N) is 1. The highest BCUT2D eigenvalue weighted by molar-refractivity contribution is 5.77. The molecule has 0 aromatic heterocycles. The Balaban J connectivity index is 1.76. The summed E-state index contributed by atoms with van der Waals surface area (Å²) in [6.07, 6.45) is 3.50. The number of nitrogens with zero attached hydrogens (tertiary/aromatic N) is 1. The summed E-state index contributed by atoms with van der Waals surface area (Å²) in [5.74, 6) is 0.264. The minimum absolute atomic E-state index is 0.171. The molecule has 1 aromatic rings. The molecule has 0 bridgehead atoms. The van der Waals surface area contributed by atoms with Crippen molar-refractivity contribution in [1.29, 1.82) is 0 Å². The molecule has 1 aliphatic heterocycles. The molecular weight excluding hydrogens is 212 g/mol. The molecule has 3 nitrogen and oxygen atoms in total. The Bertz CT molecular complexity index is 364. The smallest absolute Gasteiger partial charge is 0.222 e. The maximum atomic E-state index is 11.7. The van der Waals surface area contributed by atoms with E-state index < -0.39 is 0 Å². The van der Waals surface area contributed by atoms with Crippen molar-refractivity contribution in [1.82, 2.24) is 4.90 Å². The first-order chi connectivity index (χ1) is 8.25. The second-order valence-electron chi connectivity index (χ2n) is 4.73. The molecule has 1 saturated heterocycles. The van der Waals surface area contributed by atoms with Gasteiger partial charge in [0.25, 0.3) is 0 Å². The van der Waals surface area contributed by atoms with E-state index in [1.54, 1.807) is 0 Å². The highest BCUT2D eigenvalue weighted by Crippen LogP contribution is 2.11. The molecule has 0 saturated carbocycles. The van der Waals surface area contributed by atoms with Gasteiger partial charge in [0.15, 0.2) is 0 Å². The van der Waals surface area contributed by atoms with Crippen molar-refractivity contribution in [2.24, 2.45) is 5.73 Å². The molecule has 1 amide bonds. The van der Waals surface area contributed by atoms with Crippen LogP contribution in [0.1, 0.15) is 24.8 Å². The monoisotopic (exact) mass is 232 g/mol. The maximum absolute atomic E-state index is 11.7. The Hall–Kier alpha value is -1.35. The number of aryl methyl sites for hydroxylation is 1. The van der Waals surface area contributed by atoms with Crippen LogP contribution in [0.4, 0.5) is 0 Å². The van der Waals surface area contributed by atoms with Gasteiger partial charge >= 0.3 is 0 Å². The SMILES string of the molecule is NC1CCC(=O)N(CCCc2ccccc2)C1. The van der Waals surface area contributed by atoms with Crippen LogP contribution >= 0.6 is 0 Å². The van der Waals surface area contributed by atoms with Gasteiger partial charge in [0.2, 0.25) is 5.91 Å². The molecule has 0 radical (unpaired) electrons. The molecule has 0 spiro atoms. The zero-order chi connectivity index (χ0) is 12.1. The van der Waals surface area contributed by atoms with E-state index >= 15 is 0 Å². The summed E-state index contributed by atoms with van der Waals surface area (Å²) in [6, 6.07) is 10.6. The van der Waals surface area contributed by atoms with Crippen molar-refractivity contribution in [3.05, 3.63) is 35.9 Å². The van der Waals surface area contributed by atoms with Gasteiger partial charge in [-0.1, -0.05) is 30.3 Å². The molecule has 92 valence electrons.